The van der Waals surface area contributed by atoms with Gasteiger partial charge in [-0.1, -0.05) is 96.8 Å². The van der Waals surface area contributed by atoms with Gasteiger partial charge in [0.25, 0.3) is 0 Å². The largest absolute Gasteiger partial charge is 0.394 e. The molecule has 32 heavy (non-hydrogen) atoms. The molecule has 0 spiro atoms. The van der Waals surface area contributed by atoms with Crippen LogP contribution in [0.1, 0.15) is 103 Å². The Hall–Kier alpha value is -0.280. The number of aliphatic hydroxyl groups excluding tert-OH is 4. The van der Waals surface area contributed by atoms with E-state index in [0.29, 0.717) is 6.61 Å². The van der Waals surface area contributed by atoms with E-state index < -0.39 is 30.7 Å². The average molecular weight is 463 g/mol. The maximum Gasteiger partial charge on any atom is 0.186 e. The Morgan fingerprint density at radius 1 is 0.750 bits per heavy atom. The van der Waals surface area contributed by atoms with Crippen molar-refractivity contribution >= 4 is 0 Å². The van der Waals surface area contributed by atoms with Crippen molar-refractivity contribution in [2.45, 2.75) is 134 Å². The molecule has 1 heterocycles. The van der Waals surface area contributed by atoms with Crippen molar-refractivity contribution in [2.75, 3.05) is 26.4 Å². The fourth-order valence-electron chi connectivity index (χ4n) is 4.01. The van der Waals surface area contributed by atoms with Crippen LogP contribution in [0.15, 0.2) is 0 Å². The molecular weight excluding hydrogens is 412 g/mol. The third-order valence-electron chi connectivity index (χ3n) is 6.18. The van der Waals surface area contributed by atoms with E-state index >= 15 is 0 Å². The first-order valence-electron chi connectivity index (χ1n) is 13.1. The van der Waals surface area contributed by atoms with Crippen LogP contribution >= 0.6 is 0 Å². The molecule has 1 aliphatic rings. The van der Waals surface area contributed by atoms with Crippen LogP contribution in [-0.2, 0) is 14.2 Å². The van der Waals surface area contributed by atoms with E-state index in [2.05, 4.69) is 6.92 Å². The Morgan fingerprint density at radius 2 is 1.25 bits per heavy atom. The molecular formula is C25H50O7. The molecule has 1 fully saturated rings. The van der Waals surface area contributed by atoms with Gasteiger partial charge in [0.05, 0.1) is 19.8 Å². The number of rotatable bonds is 21. The lowest BCUT2D eigenvalue weighted by Crippen LogP contribution is -2.55. The maximum atomic E-state index is 9.89. The second-order valence-corrected chi connectivity index (χ2v) is 9.22. The third kappa shape index (κ3) is 14.1. The molecule has 0 amide bonds. The summed E-state index contributed by atoms with van der Waals surface area (Å²) in [7, 11) is 0. The standard InChI is InChI=1S/C25H50O7/c1-2-3-4-5-6-7-8-9-10-11-12-13-14-15-16-17-30-19-21(18-26)32-25-24(29)23(28)22(27)20-31-25/h21-29H,2-20H2,1H3/t21-,22-,23-,24+,25+/m1/s1. The van der Waals surface area contributed by atoms with Crippen molar-refractivity contribution in [1.82, 2.24) is 0 Å². The van der Waals surface area contributed by atoms with Crippen molar-refractivity contribution in [3.63, 3.8) is 0 Å². The highest BCUT2D eigenvalue weighted by Gasteiger charge is 2.39. The van der Waals surface area contributed by atoms with Crippen molar-refractivity contribution in [2.24, 2.45) is 0 Å². The SMILES string of the molecule is CCCCCCCCCCCCCCCCCOC[C@@H](CO)O[C@@H]1OC[C@@H](O)[C@@H](O)[C@@H]1O. The number of unbranched alkanes of at least 4 members (excludes halogenated alkanes) is 14. The zero-order chi connectivity index (χ0) is 23.4. The van der Waals surface area contributed by atoms with Crippen LogP contribution < -0.4 is 0 Å². The summed E-state index contributed by atoms with van der Waals surface area (Å²) in [6.07, 6.45) is 14.3. The van der Waals surface area contributed by atoms with Gasteiger partial charge in [0.15, 0.2) is 6.29 Å². The number of hydrogen-bond acceptors (Lipinski definition) is 7. The lowest BCUT2D eigenvalue weighted by molar-refractivity contribution is -0.288. The second kappa shape index (κ2) is 20.1. The second-order valence-electron chi connectivity index (χ2n) is 9.22. The van der Waals surface area contributed by atoms with Gasteiger partial charge in [-0.25, -0.2) is 0 Å². The average Bonchev–Trinajstić information content (AvgIpc) is 2.80. The summed E-state index contributed by atoms with van der Waals surface area (Å²) in [6.45, 7) is 2.67. The molecule has 4 N–H and O–H groups in total. The molecule has 5 atom stereocenters. The number of hydrogen-bond donors (Lipinski definition) is 4. The molecule has 0 aromatic heterocycles. The van der Waals surface area contributed by atoms with Gasteiger partial charge in [0.2, 0.25) is 0 Å². The predicted molar refractivity (Wildman–Crippen MR) is 125 cm³/mol. The normalized spacial score (nSPS) is 24.7. The fourth-order valence-corrected chi connectivity index (χ4v) is 4.01. The van der Waals surface area contributed by atoms with Gasteiger partial charge >= 0.3 is 0 Å². The molecule has 0 unspecified atom stereocenters. The Morgan fingerprint density at radius 3 is 1.75 bits per heavy atom. The number of aliphatic hydroxyl groups is 4. The Balaban J connectivity index is 1.87. The van der Waals surface area contributed by atoms with Gasteiger partial charge < -0.3 is 34.6 Å². The van der Waals surface area contributed by atoms with E-state index in [1.54, 1.807) is 0 Å². The zero-order valence-corrected chi connectivity index (χ0v) is 20.3. The summed E-state index contributed by atoms with van der Waals surface area (Å²) in [4.78, 5) is 0. The predicted octanol–water partition coefficient (Wildman–Crippen LogP) is 3.69. The lowest BCUT2D eigenvalue weighted by Gasteiger charge is -2.36. The Bertz CT molecular complexity index is 410. The molecule has 192 valence electrons. The van der Waals surface area contributed by atoms with Crippen LogP contribution in [0.25, 0.3) is 0 Å². The monoisotopic (exact) mass is 462 g/mol. The van der Waals surface area contributed by atoms with Crippen LogP contribution in [0.5, 0.6) is 0 Å². The molecule has 7 nitrogen and oxygen atoms in total. The summed E-state index contributed by atoms with van der Waals surface area (Å²) in [5.74, 6) is 0. The minimum Gasteiger partial charge on any atom is -0.394 e. The number of ether oxygens (including phenoxy) is 3. The maximum absolute atomic E-state index is 9.89. The molecule has 0 saturated carbocycles. The van der Waals surface area contributed by atoms with E-state index in [9.17, 15) is 20.4 Å². The van der Waals surface area contributed by atoms with Gasteiger partial charge in [0, 0.05) is 6.61 Å². The first-order chi connectivity index (χ1) is 15.6. The van der Waals surface area contributed by atoms with Crippen LogP contribution in [0, 0.1) is 0 Å². The van der Waals surface area contributed by atoms with Crippen LogP contribution in [0.2, 0.25) is 0 Å². The van der Waals surface area contributed by atoms with Gasteiger partial charge in [-0.3, -0.25) is 0 Å². The highest BCUT2D eigenvalue weighted by molar-refractivity contribution is 4.83. The summed E-state index contributed by atoms with van der Waals surface area (Å²) in [5.41, 5.74) is 0. The molecule has 1 aliphatic heterocycles. The van der Waals surface area contributed by atoms with Crippen molar-refractivity contribution in [3.05, 3.63) is 0 Å². The van der Waals surface area contributed by atoms with Crippen LogP contribution in [0.3, 0.4) is 0 Å². The van der Waals surface area contributed by atoms with Crippen molar-refractivity contribution in [1.29, 1.82) is 0 Å². The zero-order valence-electron chi connectivity index (χ0n) is 20.3. The highest BCUT2D eigenvalue weighted by atomic mass is 16.7. The highest BCUT2D eigenvalue weighted by Crippen LogP contribution is 2.18. The molecule has 0 aromatic carbocycles. The summed E-state index contributed by atoms with van der Waals surface area (Å²) in [6, 6.07) is 0. The van der Waals surface area contributed by atoms with Crippen molar-refractivity contribution < 1.29 is 34.6 Å². The van der Waals surface area contributed by atoms with E-state index in [1.165, 1.54) is 83.5 Å². The van der Waals surface area contributed by atoms with Gasteiger partial charge in [-0.15, -0.1) is 0 Å². The van der Waals surface area contributed by atoms with E-state index in [4.69, 9.17) is 14.2 Å². The summed E-state index contributed by atoms with van der Waals surface area (Å²) in [5, 5.41) is 38.5. The first-order valence-corrected chi connectivity index (χ1v) is 13.1. The molecule has 0 radical (unpaired) electrons. The molecule has 0 aliphatic carbocycles. The third-order valence-corrected chi connectivity index (χ3v) is 6.18. The van der Waals surface area contributed by atoms with Crippen molar-refractivity contribution in [3.8, 4) is 0 Å². The van der Waals surface area contributed by atoms with Crippen LogP contribution in [-0.4, -0.2) is 77.6 Å². The van der Waals surface area contributed by atoms with Crippen LogP contribution in [0.4, 0.5) is 0 Å². The van der Waals surface area contributed by atoms with Gasteiger partial charge in [0.1, 0.15) is 24.4 Å². The minimum atomic E-state index is -1.36. The van der Waals surface area contributed by atoms with E-state index in [1.807, 2.05) is 0 Å². The Labute approximate surface area is 195 Å². The van der Waals surface area contributed by atoms with Gasteiger partial charge in [-0.05, 0) is 6.42 Å². The topological polar surface area (TPSA) is 109 Å². The lowest BCUT2D eigenvalue weighted by atomic mass is 10.0. The molecule has 7 heteroatoms. The van der Waals surface area contributed by atoms with Gasteiger partial charge in [-0.2, -0.15) is 0 Å². The smallest absolute Gasteiger partial charge is 0.186 e. The summed E-state index contributed by atoms with van der Waals surface area (Å²) < 4.78 is 16.3. The minimum absolute atomic E-state index is 0.124. The molecule has 0 bridgehead atoms. The molecule has 1 rings (SSSR count). The summed E-state index contributed by atoms with van der Waals surface area (Å²) >= 11 is 0. The Kier molecular flexibility index (Phi) is 18.7. The molecule has 0 aromatic rings. The fraction of sp³-hybridized carbons (Fsp3) is 1.00. The molecule has 1 saturated heterocycles. The van der Waals surface area contributed by atoms with E-state index in [0.717, 1.165) is 12.8 Å². The quantitative estimate of drug-likeness (QED) is 0.193. The van der Waals surface area contributed by atoms with E-state index in [-0.39, 0.29) is 19.8 Å². The first kappa shape index (κ1) is 29.8.